The Hall–Kier alpha value is -3.06. The average molecular weight is 331 g/mol. The molecule has 0 aliphatic carbocycles. The quantitative estimate of drug-likeness (QED) is 0.650. The van der Waals surface area contributed by atoms with E-state index in [0.29, 0.717) is 11.4 Å². The lowest BCUT2D eigenvalue weighted by Crippen LogP contribution is -2.44. The molecule has 25 heavy (non-hydrogen) atoms. The summed E-state index contributed by atoms with van der Waals surface area (Å²) in [6, 6.07) is 17.5. The Morgan fingerprint density at radius 2 is 1.84 bits per heavy atom. The van der Waals surface area contributed by atoms with Gasteiger partial charge in [0.1, 0.15) is 11.6 Å². The fourth-order valence-corrected chi connectivity index (χ4v) is 3.16. The Bertz CT molecular complexity index is 903. The van der Waals surface area contributed by atoms with Gasteiger partial charge in [0.15, 0.2) is 0 Å². The summed E-state index contributed by atoms with van der Waals surface area (Å²) in [7, 11) is 0. The molecule has 0 saturated carbocycles. The number of benzene rings is 2. The highest BCUT2D eigenvalue weighted by Gasteiger charge is 2.31. The van der Waals surface area contributed by atoms with Crippen LogP contribution < -0.4 is 10.6 Å². The summed E-state index contributed by atoms with van der Waals surface area (Å²) in [6.07, 6.45) is 0.838. The Balaban J connectivity index is 2.05. The summed E-state index contributed by atoms with van der Waals surface area (Å²) < 4.78 is 0. The number of rotatable bonds is 2. The number of carbonyl (C=O) groups excluding carboxylic acids is 1. The molecule has 1 aliphatic heterocycles. The number of amides is 1. The second-order valence-corrected chi connectivity index (χ2v) is 6.97. The van der Waals surface area contributed by atoms with Crippen molar-refractivity contribution in [1.29, 1.82) is 5.26 Å². The van der Waals surface area contributed by atoms with E-state index in [2.05, 4.69) is 30.6 Å². The highest BCUT2D eigenvalue weighted by Crippen LogP contribution is 2.31. The Morgan fingerprint density at radius 1 is 1.16 bits per heavy atom. The SMILES string of the molecule is Cc1ccccc1NC(=O)/C(C#N)=C1\NC(C)(C)Cc2ccccc21. The van der Waals surface area contributed by atoms with Gasteiger partial charge in [-0.25, -0.2) is 0 Å². The fourth-order valence-electron chi connectivity index (χ4n) is 3.16. The van der Waals surface area contributed by atoms with E-state index in [4.69, 9.17) is 0 Å². The molecule has 0 spiro atoms. The van der Waals surface area contributed by atoms with Gasteiger partial charge in [0.05, 0.1) is 5.70 Å². The summed E-state index contributed by atoms with van der Waals surface area (Å²) >= 11 is 0. The molecule has 0 atom stereocenters. The molecular weight excluding hydrogens is 310 g/mol. The molecule has 3 rings (SSSR count). The number of nitriles is 1. The maximum Gasteiger partial charge on any atom is 0.268 e. The summed E-state index contributed by atoms with van der Waals surface area (Å²) in [6.45, 7) is 6.06. The molecule has 1 aliphatic rings. The van der Waals surface area contributed by atoms with Crippen molar-refractivity contribution in [2.45, 2.75) is 32.7 Å². The van der Waals surface area contributed by atoms with Gasteiger partial charge < -0.3 is 10.6 Å². The van der Waals surface area contributed by atoms with Crippen molar-refractivity contribution in [3.8, 4) is 6.07 Å². The number of nitrogens with zero attached hydrogens (tertiary/aromatic N) is 1. The minimum absolute atomic E-state index is 0.100. The number of hydrogen-bond acceptors (Lipinski definition) is 3. The first-order chi connectivity index (χ1) is 11.9. The molecule has 1 amide bonds. The molecule has 0 aromatic heterocycles. The van der Waals surface area contributed by atoms with Crippen LogP contribution in [0.1, 0.15) is 30.5 Å². The topological polar surface area (TPSA) is 64.9 Å². The molecule has 126 valence electrons. The van der Waals surface area contributed by atoms with Gasteiger partial charge in [0.25, 0.3) is 5.91 Å². The molecule has 0 saturated heterocycles. The maximum atomic E-state index is 12.8. The van der Waals surface area contributed by atoms with E-state index in [-0.39, 0.29) is 11.1 Å². The van der Waals surface area contributed by atoms with Gasteiger partial charge >= 0.3 is 0 Å². The van der Waals surface area contributed by atoms with E-state index in [1.807, 2.05) is 55.5 Å². The van der Waals surface area contributed by atoms with Gasteiger partial charge in [-0.2, -0.15) is 5.26 Å². The predicted molar refractivity (Wildman–Crippen MR) is 99.7 cm³/mol. The zero-order valence-electron chi connectivity index (χ0n) is 14.7. The standard InChI is InChI=1S/C21H21N3O/c1-14-8-4-7-11-18(14)23-20(25)17(13-22)19-16-10-6-5-9-15(16)12-21(2,3)24-19/h4-11,24H,12H2,1-3H3,(H,23,25)/b19-17-. The molecule has 1 heterocycles. The number of anilines is 1. The Kier molecular flexibility index (Phi) is 4.33. The summed E-state index contributed by atoms with van der Waals surface area (Å²) in [5, 5.41) is 15.9. The summed E-state index contributed by atoms with van der Waals surface area (Å²) in [5.41, 5.74) is 4.19. The van der Waals surface area contributed by atoms with Crippen molar-refractivity contribution in [2.75, 3.05) is 5.32 Å². The second kappa shape index (κ2) is 6.45. The number of aryl methyl sites for hydroxylation is 1. The predicted octanol–water partition coefficient (Wildman–Crippen LogP) is 3.79. The molecule has 4 heteroatoms. The van der Waals surface area contributed by atoms with Crippen molar-refractivity contribution in [2.24, 2.45) is 0 Å². The first-order valence-corrected chi connectivity index (χ1v) is 8.29. The minimum Gasteiger partial charge on any atom is -0.378 e. The van der Waals surface area contributed by atoms with Crippen molar-refractivity contribution < 1.29 is 4.79 Å². The van der Waals surface area contributed by atoms with Crippen molar-refractivity contribution in [3.05, 3.63) is 70.8 Å². The largest absolute Gasteiger partial charge is 0.378 e. The first kappa shape index (κ1) is 16.8. The third kappa shape index (κ3) is 3.41. The zero-order chi connectivity index (χ0) is 18.0. The van der Waals surface area contributed by atoms with Crippen LogP contribution in [-0.2, 0) is 11.2 Å². The van der Waals surface area contributed by atoms with Crippen LogP contribution in [0.15, 0.2) is 54.1 Å². The van der Waals surface area contributed by atoms with Crippen LogP contribution in [0.25, 0.3) is 5.70 Å². The van der Waals surface area contributed by atoms with E-state index < -0.39 is 5.91 Å². The monoisotopic (exact) mass is 331 g/mol. The van der Waals surface area contributed by atoms with Crippen molar-refractivity contribution >= 4 is 17.3 Å². The normalized spacial score (nSPS) is 16.9. The second-order valence-electron chi connectivity index (χ2n) is 6.97. The Labute approximate surface area is 148 Å². The Morgan fingerprint density at radius 3 is 2.56 bits per heavy atom. The lowest BCUT2D eigenvalue weighted by molar-refractivity contribution is -0.112. The number of nitrogens with one attached hydrogen (secondary N) is 2. The molecule has 2 aromatic carbocycles. The average Bonchev–Trinajstić information content (AvgIpc) is 2.56. The van der Waals surface area contributed by atoms with Crippen LogP contribution in [0.3, 0.4) is 0 Å². The summed E-state index contributed by atoms with van der Waals surface area (Å²) in [4.78, 5) is 12.8. The van der Waals surface area contributed by atoms with Crippen LogP contribution in [-0.4, -0.2) is 11.4 Å². The third-order valence-corrected chi connectivity index (χ3v) is 4.36. The smallest absolute Gasteiger partial charge is 0.268 e. The molecule has 0 unspecified atom stereocenters. The minimum atomic E-state index is -0.396. The van der Waals surface area contributed by atoms with Crippen molar-refractivity contribution in [3.63, 3.8) is 0 Å². The third-order valence-electron chi connectivity index (χ3n) is 4.36. The number of carbonyl (C=O) groups is 1. The lowest BCUT2D eigenvalue weighted by atomic mass is 9.84. The van der Waals surface area contributed by atoms with E-state index in [9.17, 15) is 10.1 Å². The van der Waals surface area contributed by atoms with E-state index in [0.717, 1.165) is 23.1 Å². The lowest BCUT2D eigenvalue weighted by Gasteiger charge is -2.36. The zero-order valence-corrected chi connectivity index (χ0v) is 14.7. The van der Waals surface area contributed by atoms with Gasteiger partial charge in [-0.05, 0) is 44.4 Å². The number of hydrogen-bond donors (Lipinski definition) is 2. The summed E-state index contributed by atoms with van der Waals surface area (Å²) in [5.74, 6) is -0.396. The van der Waals surface area contributed by atoms with Crippen LogP contribution in [0.2, 0.25) is 0 Å². The van der Waals surface area contributed by atoms with Gasteiger partial charge in [0.2, 0.25) is 0 Å². The van der Waals surface area contributed by atoms with Crippen LogP contribution in [0.5, 0.6) is 0 Å². The molecule has 0 bridgehead atoms. The highest BCUT2D eigenvalue weighted by atomic mass is 16.1. The maximum absolute atomic E-state index is 12.8. The van der Waals surface area contributed by atoms with Gasteiger partial charge in [-0.15, -0.1) is 0 Å². The molecule has 2 aromatic rings. The molecular formula is C21H21N3O. The number of fused-ring (bicyclic) bond motifs is 1. The van der Waals surface area contributed by atoms with Crippen LogP contribution in [0, 0.1) is 18.3 Å². The molecule has 0 fully saturated rings. The van der Waals surface area contributed by atoms with Gasteiger partial charge in [-0.3, -0.25) is 4.79 Å². The first-order valence-electron chi connectivity index (χ1n) is 8.29. The van der Waals surface area contributed by atoms with Gasteiger partial charge in [-0.1, -0.05) is 42.5 Å². The molecule has 0 radical (unpaired) electrons. The van der Waals surface area contributed by atoms with Crippen LogP contribution >= 0.6 is 0 Å². The van der Waals surface area contributed by atoms with E-state index in [1.165, 1.54) is 0 Å². The van der Waals surface area contributed by atoms with E-state index in [1.54, 1.807) is 0 Å². The molecule has 4 nitrogen and oxygen atoms in total. The van der Waals surface area contributed by atoms with Crippen molar-refractivity contribution in [1.82, 2.24) is 5.32 Å². The molecule has 2 N–H and O–H groups in total. The van der Waals surface area contributed by atoms with Crippen LogP contribution in [0.4, 0.5) is 5.69 Å². The van der Waals surface area contributed by atoms with Gasteiger partial charge in [0, 0.05) is 16.8 Å². The highest BCUT2D eigenvalue weighted by molar-refractivity contribution is 6.12. The van der Waals surface area contributed by atoms with E-state index >= 15 is 0 Å². The fraction of sp³-hybridized carbons (Fsp3) is 0.238. The number of para-hydroxylation sites is 1.